The smallest absolute Gasteiger partial charge is 0.407 e. The van der Waals surface area contributed by atoms with Crippen LogP contribution in [0.3, 0.4) is 0 Å². The zero-order chi connectivity index (χ0) is 11.1. The fourth-order valence-corrected chi connectivity index (χ4v) is 1.68. The summed E-state index contributed by atoms with van der Waals surface area (Å²) in [6.07, 6.45) is 5.14. The van der Waals surface area contributed by atoms with Gasteiger partial charge in [0.2, 0.25) is 0 Å². The van der Waals surface area contributed by atoms with Crippen molar-refractivity contribution in [2.45, 2.75) is 31.8 Å². The Morgan fingerprint density at radius 1 is 1.60 bits per heavy atom. The first kappa shape index (κ1) is 12.0. The Balaban J connectivity index is 2.03. The molecule has 0 aromatic heterocycles. The fraction of sp³-hybridized carbons (Fsp3) is 0.727. The number of hydrogen-bond acceptors (Lipinski definition) is 2. The van der Waals surface area contributed by atoms with Gasteiger partial charge in [-0.15, -0.1) is 6.58 Å². The number of amides is 1. The number of allylic oxidation sites excluding steroid dienone is 1. The number of carboxylic acid groups (broad SMARTS) is 1. The molecule has 4 nitrogen and oxygen atoms in total. The van der Waals surface area contributed by atoms with Crippen molar-refractivity contribution in [3.63, 3.8) is 0 Å². The molecule has 0 radical (unpaired) electrons. The molecule has 0 saturated carbocycles. The van der Waals surface area contributed by atoms with Crippen LogP contribution in [0.5, 0.6) is 0 Å². The minimum absolute atomic E-state index is 0.102. The number of rotatable bonds is 6. The summed E-state index contributed by atoms with van der Waals surface area (Å²) in [4.78, 5) is 12.0. The summed E-state index contributed by atoms with van der Waals surface area (Å²) in [5.74, 6) is 0. The lowest BCUT2D eigenvalue weighted by molar-refractivity contribution is 0.0564. The van der Waals surface area contributed by atoms with Gasteiger partial charge in [0, 0.05) is 13.2 Å². The molecule has 1 saturated heterocycles. The van der Waals surface area contributed by atoms with Crippen molar-refractivity contribution in [2.24, 2.45) is 0 Å². The van der Waals surface area contributed by atoms with Crippen LogP contribution in [-0.2, 0) is 4.74 Å². The lowest BCUT2D eigenvalue weighted by atomic mass is 10.2. The first-order chi connectivity index (χ1) is 7.24. The van der Waals surface area contributed by atoms with Gasteiger partial charge in [0.25, 0.3) is 0 Å². The number of likely N-dealkylation sites (tertiary alicyclic amines) is 1. The van der Waals surface area contributed by atoms with Gasteiger partial charge in [-0.25, -0.2) is 4.79 Å². The molecule has 0 aromatic carbocycles. The number of nitrogens with zero attached hydrogens (tertiary/aromatic N) is 1. The minimum Gasteiger partial charge on any atom is -0.465 e. The molecule has 15 heavy (non-hydrogen) atoms. The Morgan fingerprint density at radius 2 is 2.40 bits per heavy atom. The summed E-state index contributed by atoms with van der Waals surface area (Å²) in [5.41, 5.74) is 0. The molecule has 1 unspecified atom stereocenters. The van der Waals surface area contributed by atoms with E-state index in [0.29, 0.717) is 13.1 Å². The zero-order valence-corrected chi connectivity index (χ0v) is 9.02. The van der Waals surface area contributed by atoms with Gasteiger partial charge in [0.1, 0.15) is 0 Å². The van der Waals surface area contributed by atoms with E-state index >= 15 is 0 Å². The first-order valence-corrected chi connectivity index (χ1v) is 5.44. The molecule has 1 aliphatic rings. The van der Waals surface area contributed by atoms with Gasteiger partial charge < -0.3 is 14.7 Å². The van der Waals surface area contributed by atoms with Crippen LogP contribution in [0, 0.1) is 0 Å². The summed E-state index contributed by atoms with van der Waals surface area (Å²) in [6, 6.07) is 0. The van der Waals surface area contributed by atoms with Gasteiger partial charge >= 0.3 is 6.09 Å². The molecule has 0 spiro atoms. The fourth-order valence-electron chi connectivity index (χ4n) is 1.68. The summed E-state index contributed by atoms with van der Waals surface area (Å²) >= 11 is 0. The second kappa shape index (κ2) is 6.45. The van der Waals surface area contributed by atoms with Gasteiger partial charge in [-0.05, 0) is 25.7 Å². The van der Waals surface area contributed by atoms with Crippen molar-refractivity contribution in [2.75, 3.05) is 19.7 Å². The van der Waals surface area contributed by atoms with Crippen LogP contribution >= 0.6 is 0 Å². The van der Waals surface area contributed by atoms with Crippen LogP contribution in [-0.4, -0.2) is 41.9 Å². The van der Waals surface area contributed by atoms with E-state index in [1.54, 1.807) is 0 Å². The van der Waals surface area contributed by atoms with Crippen LogP contribution in [0.1, 0.15) is 25.7 Å². The number of carbonyl (C=O) groups is 1. The van der Waals surface area contributed by atoms with Crippen molar-refractivity contribution in [1.82, 2.24) is 4.90 Å². The maximum absolute atomic E-state index is 10.6. The summed E-state index contributed by atoms with van der Waals surface area (Å²) < 4.78 is 5.59. The lowest BCUT2D eigenvalue weighted by Crippen LogP contribution is -2.28. The number of ether oxygens (including phenoxy) is 1. The topological polar surface area (TPSA) is 49.8 Å². The van der Waals surface area contributed by atoms with E-state index < -0.39 is 6.09 Å². The van der Waals surface area contributed by atoms with Crippen molar-refractivity contribution >= 4 is 6.09 Å². The third-order valence-electron chi connectivity index (χ3n) is 2.57. The SMILES string of the molecule is C=CCCCCOC1CCN(C(=O)O)C1. The Morgan fingerprint density at radius 3 is 3.00 bits per heavy atom. The van der Waals surface area contributed by atoms with Gasteiger partial charge in [0.15, 0.2) is 0 Å². The zero-order valence-electron chi connectivity index (χ0n) is 9.02. The highest BCUT2D eigenvalue weighted by molar-refractivity contribution is 5.65. The average molecular weight is 213 g/mol. The summed E-state index contributed by atoms with van der Waals surface area (Å²) in [6.45, 7) is 5.51. The molecule has 1 rings (SSSR count). The highest BCUT2D eigenvalue weighted by Gasteiger charge is 2.25. The molecule has 1 heterocycles. The Labute approximate surface area is 90.5 Å². The number of unbranched alkanes of at least 4 members (excludes halogenated alkanes) is 2. The van der Waals surface area contributed by atoms with E-state index in [1.165, 1.54) is 4.90 Å². The maximum Gasteiger partial charge on any atom is 0.407 e. The van der Waals surface area contributed by atoms with Crippen LogP contribution in [0.15, 0.2) is 12.7 Å². The molecule has 0 aliphatic carbocycles. The van der Waals surface area contributed by atoms with E-state index in [4.69, 9.17) is 9.84 Å². The van der Waals surface area contributed by atoms with E-state index in [2.05, 4.69) is 6.58 Å². The molecule has 86 valence electrons. The Bertz CT molecular complexity index is 218. The summed E-state index contributed by atoms with van der Waals surface area (Å²) in [5, 5.41) is 8.73. The molecule has 4 heteroatoms. The van der Waals surface area contributed by atoms with E-state index in [1.807, 2.05) is 6.08 Å². The number of hydrogen-bond donors (Lipinski definition) is 1. The predicted octanol–water partition coefficient (Wildman–Crippen LogP) is 2.11. The van der Waals surface area contributed by atoms with E-state index in [9.17, 15) is 4.79 Å². The molecular formula is C11H19NO3. The largest absolute Gasteiger partial charge is 0.465 e. The summed E-state index contributed by atoms with van der Waals surface area (Å²) in [7, 11) is 0. The van der Waals surface area contributed by atoms with Crippen LogP contribution < -0.4 is 0 Å². The van der Waals surface area contributed by atoms with Gasteiger partial charge in [-0.1, -0.05) is 6.08 Å². The van der Waals surface area contributed by atoms with Gasteiger partial charge in [0.05, 0.1) is 12.6 Å². The molecule has 1 atom stereocenters. The average Bonchev–Trinajstić information content (AvgIpc) is 2.66. The van der Waals surface area contributed by atoms with Crippen molar-refractivity contribution in [1.29, 1.82) is 0 Å². The molecule has 1 fully saturated rings. The molecule has 1 aliphatic heterocycles. The standard InChI is InChI=1S/C11H19NO3/c1-2-3-4-5-8-15-10-6-7-12(9-10)11(13)14/h2,10H,1,3-9H2,(H,13,14). The van der Waals surface area contributed by atoms with Crippen LogP contribution in [0.4, 0.5) is 4.79 Å². The van der Waals surface area contributed by atoms with Crippen molar-refractivity contribution in [3.8, 4) is 0 Å². The molecular weight excluding hydrogens is 194 g/mol. The van der Waals surface area contributed by atoms with Crippen LogP contribution in [0.25, 0.3) is 0 Å². The first-order valence-electron chi connectivity index (χ1n) is 5.44. The van der Waals surface area contributed by atoms with E-state index in [-0.39, 0.29) is 6.10 Å². The van der Waals surface area contributed by atoms with Gasteiger partial charge in [-0.2, -0.15) is 0 Å². The maximum atomic E-state index is 10.6. The third kappa shape index (κ3) is 4.34. The molecule has 1 amide bonds. The van der Waals surface area contributed by atoms with E-state index in [0.717, 1.165) is 32.3 Å². The van der Waals surface area contributed by atoms with Crippen LogP contribution in [0.2, 0.25) is 0 Å². The minimum atomic E-state index is -0.840. The lowest BCUT2D eigenvalue weighted by Gasteiger charge is -2.12. The van der Waals surface area contributed by atoms with Crippen molar-refractivity contribution < 1.29 is 14.6 Å². The normalized spacial score (nSPS) is 20.5. The monoisotopic (exact) mass is 213 g/mol. The van der Waals surface area contributed by atoms with Gasteiger partial charge in [-0.3, -0.25) is 0 Å². The predicted molar refractivity (Wildman–Crippen MR) is 58.0 cm³/mol. The quantitative estimate of drug-likeness (QED) is 0.543. The molecule has 0 aromatic rings. The Kier molecular flexibility index (Phi) is 5.18. The third-order valence-corrected chi connectivity index (χ3v) is 2.57. The highest BCUT2D eigenvalue weighted by Crippen LogP contribution is 2.13. The second-order valence-electron chi connectivity index (χ2n) is 3.79. The second-order valence-corrected chi connectivity index (χ2v) is 3.79. The Hall–Kier alpha value is -1.03. The molecule has 0 bridgehead atoms. The highest BCUT2D eigenvalue weighted by atomic mass is 16.5. The molecule has 1 N–H and O–H groups in total. The van der Waals surface area contributed by atoms with Crippen molar-refractivity contribution in [3.05, 3.63) is 12.7 Å².